The summed E-state index contributed by atoms with van der Waals surface area (Å²) < 4.78 is 18.4. The number of carbonyl (C=O) groups excluding carboxylic acids is 2. The van der Waals surface area contributed by atoms with Crippen molar-refractivity contribution in [2.24, 2.45) is 0 Å². The average molecular weight is 586 g/mol. The lowest BCUT2D eigenvalue weighted by molar-refractivity contribution is -0.158. The summed E-state index contributed by atoms with van der Waals surface area (Å²) in [5.74, 6) is -0.309. The fraction of sp³-hybridized carbons (Fsp3) is 0.594. The molecule has 1 aromatic heterocycles. The van der Waals surface area contributed by atoms with Crippen molar-refractivity contribution >= 4 is 11.9 Å². The molecule has 232 valence electrons. The molecule has 0 amide bonds. The Kier molecular flexibility index (Phi) is 14.8. The molecule has 0 saturated carbocycles. The molecule has 0 atom stereocenters. The van der Waals surface area contributed by atoms with E-state index in [9.17, 15) is 19.2 Å². The van der Waals surface area contributed by atoms with E-state index >= 15 is 0 Å². The fourth-order valence-corrected chi connectivity index (χ4v) is 4.43. The molecule has 1 aromatic carbocycles. The zero-order chi connectivity index (χ0) is 31.0. The van der Waals surface area contributed by atoms with E-state index in [-0.39, 0.29) is 25.3 Å². The van der Waals surface area contributed by atoms with Crippen molar-refractivity contribution in [2.75, 3.05) is 13.2 Å². The normalized spacial score (nSPS) is 11.5. The molecule has 0 unspecified atom stereocenters. The molecular weight excluding hydrogens is 538 g/mol. The standard InChI is InChI=1S/C32H47N3O7/c1-6-9-10-13-20-27-29(37)34(31(39)35(33-27)23-16-21-28(36)40-7-2)22-14-11-12-17-25-18-15-19-26(24-25)42-32(4,5)30(38)41-8-3/h15-16,18-19,21,24H,6-14,17,20,22-23H2,1-5H3/b21-16+. The Morgan fingerprint density at radius 3 is 2.36 bits per heavy atom. The first kappa shape index (κ1) is 34.5. The van der Waals surface area contributed by atoms with Crippen LogP contribution in [-0.4, -0.2) is 45.1 Å². The van der Waals surface area contributed by atoms with E-state index < -0.39 is 23.2 Å². The largest absolute Gasteiger partial charge is 0.476 e. The van der Waals surface area contributed by atoms with Gasteiger partial charge < -0.3 is 14.2 Å². The highest BCUT2D eigenvalue weighted by Gasteiger charge is 2.31. The van der Waals surface area contributed by atoms with Crippen molar-refractivity contribution in [3.63, 3.8) is 0 Å². The number of allylic oxidation sites excluding steroid dienone is 1. The second-order valence-corrected chi connectivity index (χ2v) is 10.6. The van der Waals surface area contributed by atoms with Crippen molar-refractivity contribution in [1.82, 2.24) is 14.3 Å². The molecule has 1 heterocycles. The molecule has 10 heteroatoms. The summed E-state index contributed by atoms with van der Waals surface area (Å²) in [6, 6.07) is 7.63. The van der Waals surface area contributed by atoms with Crippen molar-refractivity contribution < 1.29 is 23.8 Å². The van der Waals surface area contributed by atoms with E-state index in [1.165, 1.54) is 21.4 Å². The Balaban J connectivity index is 2.04. The number of rotatable bonds is 19. The molecular formula is C32H47N3O7. The van der Waals surface area contributed by atoms with Crippen LogP contribution in [0.3, 0.4) is 0 Å². The van der Waals surface area contributed by atoms with E-state index in [1.54, 1.807) is 27.7 Å². The van der Waals surface area contributed by atoms with Crippen LogP contribution < -0.4 is 16.0 Å². The van der Waals surface area contributed by atoms with Crippen molar-refractivity contribution in [3.8, 4) is 5.75 Å². The van der Waals surface area contributed by atoms with Gasteiger partial charge in [0.05, 0.1) is 19.8 Å². The van der Waals surface area contributed by atoms with Gasteiger partial charge in [0, 0.05) is 12.6 Å². The average Bonchev–Trinajstić information content (AvgIpc) is 2.94. The molecule has 42 heavy (non-hydrogen) atoms. The topological polar surface area (TPSA) is 119 Å². The summed E-state index contributed by atoms with van der Waals surface area (Å²) in [6.07, 6.45) is 10.4. The number of esters is 2. The maximum absolute atomic E-state index is 13.1. The molecule has 0 saturated heterocycles. The van der Waals surface area contributed by atoms with Crippen LogP contribution >= 0.6 is 0 Å². The molecule has 2 aromatic rings. The third-order valence-electron chi connectivity index (χ3n) is 6.66. The van der Waals surface area contributed by atoms with Gasteiger partial charge >= 0.3 is 17.6 Å². The predicted octanol–water partition coefficient (Wildman–Crippen LogP) is 4.78. The summed E-state index contributed by atoms with van der Waals surface area (Å²) in [4.78, 5) is 50.1. The van der Waals surface area contributed by atoms with Crippen molar-refractivity contribution in [1.29, 1.82) is 0 Å². The highest BCUT2D eigenvalue weighted by atomic mass is 16.6. The number of unbranched alkanes of at least 4 members (excludes halogenated alkanes) is 5. The molecule has 0 fully saturated rings. The van der Waals surface area contributed by atoms with Crippen LogP contribution in [0.2, 0.25) is 0 Å². The maximum Gasteiger partial charge on any atom is 0.349 e. The number of aryl methyl sites for hydroxylation is 2. The first-order valence-electron chi connectivity index (χ1n) is 15.1. The molecule has 2 rings (SSSR count). The van der Waals surface area contributed by atoms with Gasteiger partial charge in [-0.1, -0.05) is 50.8 Å². The van der Waals surface area contributed by atoms with Gasteiger partial charge in [0.25, 0.3) is 5.56 Å². The summed E-state index contributed by atoms with van der Waals surface area (Å²) in [5.41, 5.74) is -0.477. The minimum atomic E-state index is -1.09. The van der Waals surface area contributed by atoms with Crippen LogP contribution in [0.25, 0.3) is 0 Å². The van der Waals surface area contributed by atoms with E-state index in [2.05, 4.69) is 12.0 Å². The fourth-order valence-electron chi connectivity index (χ4n) is 4.43. The van der Waals surface area contributed by atoms with Gasteiger partial charge in [-0.3, -0.25) is 9.36 Å². The number of aromatic nitrogens is 3. The summed E-state index contributed by atoms with van der Waals surface area (Å²) in [7, 11) is 0. The molecule has 0 aliphatic heterocycles. The third kappa shape index (κ3) is 11.3. The molecule has 0 N–H and O–H groups in total. The van der Waals surface area contributed by atoms with Crippen LogP contribution in [0.4, 0.5) is 0 Å². The van der Waals surface area contributed by atoms with E-state index in [0.717, 1.165) is 50.5 Å². The maximum atomic E-state index is 13.1. The molecule has 10 nitrogen and oxygen atoms in total. The lowest BCUT2D eigenvalue weighted by Gasteiger charge is -2.24. The Hall–Kier alpha value is -3.69. The lowest BCUT2D eigenvalue weighted by atomic mass is 10.1. The number of nitrogens with zero attached hydrogens (tertiary/aromatic N) is 3. The van der Waals surface area contributed by atoms with Gasteiger partial charge in [-0.15, -0.1) is 0 Å². The Labute approximate surface area is 248 Å². The predicted molar refractivity (Wildman–Crippen MR) is 162 cm³/mol. The number of carbonyl (C=O) groups is 2. The summed E-state index contributed by atoms with van der Waals surface area (Å²) in [6.45, 7) is 9.89. The van der Waals surface area contributed by atoms with Crippen LogP contribution in [0.15, 0.2) is 46.0 Å². The molecule has 0 radical (unpaired) electrons. The van der Waals surface area contributed by atoms with Gasteiger partial charge in [-0.05, 0) is 77.5 Å². The van der Waals surface area contributed by atoms with E-state index in [0.29, 0.717) is 30.8 Å². The van der Waals surface area contributed by atoms with E-state index in [1.807, 2.05) is 24.3 Å². The van der Waals surface area contributed by atoms with Gasteiger partial charge in [-0.25, -0.2) is 19.1 Å². The quantitative estimate of drug-likeness (QED) is 0.131. The first-order chi connectivity index (χ1) is 20.1. The van der Waals surface area contributed by atoms with Gasteiger partial charge in [-0.2, -0.15) is 5.10 Å². The Morgan fingerprint density at radius 2 is 1.64 bits per heavy atom. The number of benzene rings is 1. The molecule has 0 aliphatic rings. The van der Waals surface area contributed by atoms with Gasteiger partial charge in [0.2, 0.25) is 0 Å². The summed E-state index contributed by atoms with van der Waals surface area (Å²) in [5, 5.41) is 4.34. The monoisotopic (exact) mass is 585 g/mol. The zero-order valence-electron chi connectivity index (χ0n) is 25.9. The van der Waals surface area contributed by atoms with Gasteiger partial charge in [0.15, 0.2) is 5.60 Å². The molecule has 0 bridgehead atoms. The van der Waals surface area contributed by atoms with Crippen LogP contribution in [-0.2, 0) is 45.0 Å². The second-order valence-electron chi connectivity index (χ2n) is 10.6. The third-order valence-corrected chi connectivity index (χ3v) is 6.66. The first-order valence-corrected chi connectivity index (χ1v) is 15.1. The minimum absolute atomic E-state index is 0.0747. The second kappa shape index (κ2) is 18.0. The van der Waals surface area contributed by atoms with Crippen molar-refractivity contribution in [2.45, 2.75) is 111 Å². The lowest BCUT2D eigenvalue weighted by Crippen LogP contribution is -2.43. The number of hydrogen-bond acceptors (Lipinski definition) is 8. The molecule has 0 spiro atoms. The highest BCUT2D eigenvalue weighted by molar-refractivity contribution is 5.81. The zero-order valence-corrected chi connectivity index (χ0v) is 25.9. The number of ether oxygens (including phenoxy) is 3. The summed E-state index contributed by atoms with van der Waals surface area (Å²) >= 11 is 0. The van der Waals surface area contributed by atoms with Crippen LogP contribution in [0.5, 0.6) is 5.75 Å². The van der Waals surface area contributed by atoms with Crippen LogP contribution in [0, 0.1) is 0 Å². The highest BCUT2D eigenvalue weighted by Crippen LogP contribution is 2.22. The van der Waals surface area contributed by atoms with Crippen LogP contribution in [0.1, 0.15) is 90.8 Å². The SMILES string of the molecule is CCCCCCc1nn(C/C=C/C(=O)OCC)c(=O)n(CCCCCc2cccc(OC(C)(C)C(=O)OCC)c2)c1=O. The Morgan fingerprint density at radius 1 is 0.929 bits per heavy atom. The smallest absolute Gasteiger partial charge is 0.349 e. The minimum Gasteiger partial charge on any atom is -0.476 e. The molecule has 0 aliphatic carbocycles. The van der Waals surface area contributed by atoms with E-state index in [4.69, 9.17) is 14.2 Å². The van der Waals surface area contributed by atoms with Gasteiger partial charge in [0.1, 0.15) is 11.4 Å². The van der Waals surface area contributed by atoms with Crippen molar-refractivity contribution in [3.05, 3.63) is 68.5 Å². The number of hydrogen-bond donors (Lipinski definition) is 0. The Bertz CT molecular complexity index is 1290.